The largest absolute Gasteiger partial charge is 0.394 e. The van der Waals surface area contributed by atoms with Crippen LogP contribution in [0.15, 0.2) is 12.2 Å². The molecular weight excluding hydrogens is 891 g/mol. The second-order valence-electron chi connectivity index (χ2n) is 19.0. The Morgan fingerprint density at radius 2 is 0.912 bits per heavy atom. The van der Waals surface area contributed by atoms with E-state index in [1.807, 2.05) is 6.92 Å². The molecule has 3 saturated heterocycles. The fourth-order valence-corrected chi connectivity index (χ4v) is 8.96. The van der Waals surface area contributed by atoms with Gasteiger partial charge < -0.3 is 89.9 Å². The van der Waals surface area contributed by atoms with E-state index in [4.69, 9.17) is 28.4 Å². The van der Waals surface area contributed by atoms with Gasteiger partial charge in [0, 0.05) is 6.42 Å². The lowest BCUT2D eigenvalue weighted by Gasteiger charge is -2.48. The first-order valence-corrected chi connectivity index (χ1v) is 25.9. The number of rotatable bonds is 36. The van der Waals surface area contributed by atoms with Crippen LogP contribution in [-0.4, -0.2) is 193 Å². The smallest absolute Gasteiger partial charge is 0.220 e. The van der Waals surface area contributed by atoms with E-state index in [-0.39, 0.29) is 18.9 Å². The van der Waals surface area contributed by atoms with Crippen molar-refractivity contribution in [3.05, 3.63) is 12.2 Å². The Kier molecular flexibility index (Phi) is 31.1. The summed E-state index contributed by atoms with van der Waals surface area (Å²) in [6, 6.07) is -0.962. The van der Waals surface area contributed by atoms with Gasteiger partial charge in [0.05, 0.1) is 38.6 Å². The van der Waals surface area contributed by atoms with Gasteiger partial charge in [-0.15, -0.1) is 0 Å². The monoisotopic (exact) mass is 982 g/mol. The van der Waals surface area contributed by atoms with Gasteiger partial charge in [-0.25, -0.2) is 0 Å². The maximum atomic E-state index is 13.1. The van der Waals surface area contributed by atoms with Crippen LogP contribution in [0.2, 0.25) is 0 Å². The topological polar surface area (TPSA) is 307 Å². The van der Waals surface area contributed by atoms with Gasteiger partial charge >= 0.3 is 0 Å². The minimum atomic E-state index is -1.97. The summed E-state index contributed by atoms with van der Waals surface area (Å²) >= 11 is 0. The van der Waals surface area contributed by atoms with Gasteiger partial charge in [-0.05, 0) is 12.8 Å². The molecule has 0 bridgehead atoms. The first-order chi connectivity index (χ1) is 32.8. The van der Waals surface area contributed by atoms with Crippen LogP contribution in [-0.2, 0) is 33.2 Å². The van der Waals surface area contributed by atoms with Crippen molar-refractivity contribution in [2.45, 2.75) is 266 Å². The minimum absolute atomic E-state index is 0.245. The molecule has 3 aliphatic rings. The zero-order chi connectivity index (χ0) is 49.8. The Bertz CT molecular complexity index is 1310. The highest BCUT2D eigenvalue weighted by Crippen LogP contribution is 2.33. The molecule has 3 rings (SSSR count). The Morgan fingerprint density at radius 1 is 0.515 bits per heavy atom. The van der Waals surface area contributed by atoms with Crippen LogP contribution in [0.5, 0.6) is 0 Å². The summed E-state index contributed by atoms with van der Waals surface area (Å²) in [6.45, 7) is 1.47. The molecule has 0 aromatic rings. The lowest BCUT2D eigenvalue weighted by molar-refractivity contribution is -0.379. The number of amides is 1. The fraction of sp³-hybridized carbons (Fsp3) is 0.939. The van der Waals surface area contributed by atoms with Crippen LogP contribution in [0.4, 0.5) is 0 Å². The minimum Gasteiger partial charge on any atom is -0.394 e. The summed E-state index contributed by atoms with van der Waals surface area (Å²) in [5, 5.41) is 119. The van der Waals surface area contributed by atoms with E-state index < -0.39 is 124 Å². The van der Waals surface area contributed by atoms with E-state index >= 15 is 0 Å². The summed E-state index contributed by atoms with van der Waals surface area (Å²) in [5.41, 5.74) is 0. The van der Waals surface area contributed by atoms with Crippen molar-refractivity contribution in [2.24, 2.45) is 0 Å². The molecule has 0 saturated carbocycles. The first-order valence-electron chi connectivity index (χ1n) is 25.9. The van der Waals surface area contributed by atoms with Crippen molar-refractivity contribution in [1.29, 1.82) is 0 Å². The first kappa shape index (κ1) is 60.8. The molecule has 68 heavy (non-hydrogen) atoms. The summed E-state index contributed by atoms with van der Waals surface area (Å²) in [6.07, 6.45) is 3.45. The number of allylic oxidation sites excluding steroid dienone is 1. The summed E-state index contributed by atoms with van der Waals surface area (Å²) < 4.78 is 33.9. The quantitative estimate of drug-likeness (QED) is 0.0315. The zero-order valence-electron chi connectivity index (χ0n) is 40.8. The zero-order valence-corrected chi connectivity index (χ0v) is 40.8. The van der Waals surface area contributed by atoms with Gasteiger partial charge in [0.25, 0.3) is 0 Å². The number of carbonyl (C=O) groups excluding carboxylic acids is 1. The third kappa shape index (κ3) is 20.6. The van der Waals surface area contributed by atoms with Gasteiger partial charge in [0.2, 0.25) is 5.91 Å². The molecule has 1 amide bonds. The van der Waals surface area contributed by atoms with E-state index in [0.29, 0.717) is 12.8 Å². The molecule has 19 heteroatoms. The maximum absolute atomic E-state index is 13.1. The van der Waals surface area contributed by atoms with Crippen LogP contribution >= 0.6 is 0 Å². The Labute approximate surface area is 404 Å². The number of carbonyl (C=O) groups is 1. The number of hydrogen-bond donors (Lipinski definition) is 12. The molecule has 0 aliphatic carbocycles. The third-order valence-corrected chi connectivity index (χ3v) is 13.3. The fourth-order valence-electron chi connectivity index (χ4n) is 8.96. The van der Waals surface area contributed by atoms with Crippen molar-refractivity contribution in [2.75, 3.05) is 26.4 Å². The molecular formula is C49H91NO18. The molecule has 17 atom stereocenters. The Morgan fingerprint density at radius 3 is 1.35 bits per heavy atom. The second-order valence-corrected chi connectivity index (χ2v) is 19.0. The van der Waals surface area contributed by atoms with E-state index in [2.05, 4.69) is 12.2 Å². The molecule has 0 radical (unpaired) electrons. The van der Waals surface area contributed by atoms with Crippen molar-refractivity contribution < 1.29 is 89.4 Å². The lowest BCUT2D eigenvalue weighted by atomic mass is 9.96. The maximum Gasteiger partial charge on any atom is 0.220 e. The van der Waals surface area contributed by atoms with Gasteiger partial charge in [0.15, 0.2) is 18.9 Å². The van der Waals surface area contributed by atoms with Gasteiger partial charge in [-0.2, -0.15) is 0 Å². The lowest BCUT2D eigenvalue weighted by Crippen LogP contribution is -2.66. The molecule has 0 aromatic carbocycles. The number of aliphatic hydroxyl groups is 11. The Balaban J connectivity index is 1.41. The van der Waals surface area contributed by atoms with Crippen molar-refractivity contribution in [3.8, 4) is 0 Å². The van der Waals surface area contributed by atoms with Crippen LogP contribution < -0.4 is 5.32 Å². The van der Waals surface area contributed by atoms with Crippen LogP contribution in [0, 0.1) is 0 Å². The molecule has 0 aromatic heterocycles. The number of unbranched alkanes of at least 4 members (excludes halogenated alkanes) is 20. The van der Waals surface area contributed by atoms with Gasteiger partial charge in [-0.1, -0.05) is 154 Å². The number of ether oxygens (including phenoxy) is 6. The summed E-state index contributed by atoms with van der Waals surface area (Å²) in [5.74, 6) is -0.286. The molecule has 0 spiro atoms. The van der Waals surface area contributed by atoms with Gasteiger partial charge in [-0.3, -0.25) is 4.79 Å². The summed E-state index contributed by atoms with van der Waals surface area (Å²) in [7, 11) is 0. The number of aliphatic hydroxyl groups excluding tert-OH is 11. The van der Waals surface area contributed by atoms with Crippen molar-refractivity contribution >= 4 is 5.91 Å². The predicted octanol–water partition coefficient (Wildman–Crippen LogP) is 1.87. The average molecular weight is 982 g/mol. The van der Waals surface area contributed by atoms with E-state index in [1.54, 1.807) is 12.2 Å². The van der Waals surface area contributed by atoms with Crippen molar-refractivity contribution in [1.82, 2.24) is 5.32 Å². The highest BCUT2D eigenvalue weighted by molar-refractivity contribution is 5.76. The Hall–Kier alpha value is -1.47. The molecule has 3 fully saturated rings. The molecule has 17 unspecified atom stereocenters. The van der Waals surface area contributed by atoms with Crippen molar-refractivity contribution in [3.63, 3.8) is 0 Å². The normalized spacial score (nSPS) is 33.2. The van der Waals surface area contributed by atoms with Crippen LogP contribution in [0.25, 0.3) is 0 Å². The molecule has 12 N–H and O–H groups in total. The molecule has 400 valence electrons. The average Bonchev–Trinajstić information content (AvgIpc) is 3.33. The number of hydrogen-bond acceptors (Lipinski definition) is 18. The van der Waals surface area contributed by atoms with Crippen LogP contribution in [0.3, 0.4) is 0 Å². The van der Waals surface area contributed by atoms with Crippen LogP contribution in [0.1, 0.15) is 162 Å². The van der Waals surface area contributed by atoms with E-state index in [1.165, 1.54) is 103 Å². The third-order valence-electron chi connectivity index (χ3n) is 13.3. The molecule has 19 nitrogen and oxygen atoms in total. The van der Waals surface area contributed by atoms with E-state index in [9.17, 15) is 61.0 Å². The molecule has 3 heterocycles. The summed E-state index contributed by atoms with van der Waals surface area (Å²) in [4.78, 5) is 13.1. The molecule has 3 aliphatic heterocycles. The highest BCUT2D eigenvalue weighted by atomic mass is 16.8. The highest BCUT2D eigenvalue weighted by Gasteiger charge is 2.53. The second kappa shape index (κ2) is 34.8. The predicted molar refractivity (Wildman–Crippen MR) is 250 cm³/mol. The SMILES string of the molecule is CCC/C=C/C(O)C(COC1OC(CO)C(OC2OC(CO)C(OC3OC(CO)C(O)C(O)C3O)C(O)C2O)C(O)C1O)NC(=O)CCCCCCCCCCCCCCCCCCCCCC. The van der Waals surface area contributed by atoms with Gasteiger partial charge in [0.1, 0.15) is 73.2 Å². The van der Waals surface area contributed by atoms with E-state index in [0.717, 1.165) is 25.7 Å². The number of nitrogens with one attached hydrogen (secondary N) is 1. The standard InChI is InChI=1S/C49H91NO18/c1-3-5-7-8-9-10-11-12-13-14-15-16-17-18-19-20-21-22-23-25-27-37(55)50-32(33(54)26-24-6-4-2)31-63-47-43(61)40(58)45(35(29-52)65-47)68-49-44(62)41(59)46(36(30-53)66-49)67-48-42(60)39(57)38(56)34(28-51)64-48/h24,26,32-36,38-49,51-54,56-62H,3-23,25,27-31H2,1-2H3,(H,50,55)/b26-24+.